The Kier molecular flexibility index (Phi) is 13.4. The van der Waals surface area contributed by atoms with Gasteiger partial charge in [0.1, 0.15) is 35.2 Å². The van der Waals surface area contributed by atoms with E-state index in [0.29, 0.717) is 59.2 Å². The first-order valence-corrected chi connectivity index (χ1v) is 18.9. The Morgan fingerprint density at radius 1 is 1.02 bits per heavy atom. The number of benzene rings is 2. The number of hydrogen-bond donors (Lipinski definition) is 4. The second-order valence-electron chi connectivity index (χ2n) is 14.3. The van der Waals surface area contributed by atoms with Crippen LogP contribution in [-0.4, -0.2) is 76.4 Å². The average Bonchev–Trinajstić information content (AvgIpc) is 3.54. The van der Waals surface area contributed by atoms with Gasteiger partial charge in [-0.2, -0.15) is 0 Å². The second-order valence-corrected chi connectivity index (χ2v) is 15.8. The molecule has 1 fully saturated rings. The van der Waals surface area contributed by atoms with E-state index in [1.54, 1.807) is 32.9 Å². The molecule has 2 aromatic rings. The molecule has 0 spiro atoms. The highest BCUT2D eigenvalue weighted by atomic mass is 127. The van der Waals surface area contributed by atoms with Gasteiger partial charge in [0, 0.05) is 40.0 Å². The molecule has 50 heavy (non-hydrogen) atoms. The molecule has 2 heterocycles. The predicted octanol–water partition coefficient (Wildman–Crippen LogP) is 6.41. The molecular formula is C38H52IN3O8. The zero-order valence-corrected chi connectivity index (χ0v) is 32.2. The molecule has 0 aromatic heterocycles. The third-order valence-electron chi connectivity index (χ3n) is 9.18. The van der Waals surface area contributed by atoms with E-state index in [0.717, 1.165) is 32.1 Å². The van der Waals surface area contributed by atoms with E-state index in [1.807, 2.05) is 12.1 Å². The van der Waals surface area contributed by atoms with Crippen LogP contribution in [0, 0.1) is 0 Å². The summed E-state index contributed by atoms with van der Waals surface area (Å²) in [4.78, 5) is 55.9. The largest absolute Gasteiger partial charge is 0.507 e. The molecule has 1 saturated heterocycles. The number of carbonyl (C=O) groups is 4. The molecule has 12 heteroatoms. The van der Waals surface area contributed by atoms with Crippen LogP contribution in [0.5, 0.6) is 11.5 Å². The lowest BCUT2D eigenvalue weighted by atomic mass is 9.89. The monoisotopic (exact) mass is 805 g/mol. The summed E-state index contributed by atoms with van der Waals surface area (Å²) in [6.45, 7) is 9.64. The quantitative estimate of drug-likeness (QED) is 0.0982. The average molecular weight is 806 g/mol. The Balaban J connectivity index is 1.98. The van der Waals surface area contributed by atoms with Crippen molar-refractivity contribution in [2.24, 2.45) is 0 Å². The number of esters is 1. The zero-order chi connectivity index (χ0) is 36.7. The van der Waals surface area contributed by atoms with Gasteiger partial charge in [-0.1, -0.05) is 67.8 Å². The van der Waals surface area contributed by atoms with Crippen molar-refractivity contribution in [2.75, 3.05) is 13.7 Å². The number of carbonyl (C=O) groups excluding carboxylic acids is 4. The fraction of sp³-hybridized carbons (Fsp3) is 0.579. The lowest BCUT2D eigenvalue weighted by molar-refractivity contribution is -0.146. The fourth-order valence-corrected chi connectivity index (χ4v) is 7.86. The Bertz CT molecular complexity index is 1570. The van der Waals surface area contributed by atoms with Crippen molar-refractivity contribution < 1.29 is 38.9 Å². The van der Waals surface area contributed by atoms with Crippen LogP contribution in [0.4, 0.5) is 4.79 Å². The molecular weight excluding hydrogens is 753 g/mol. The number of phenolic OH excluding ortho intramolecular Hbond substituents is 2. The summed E-state index contributed by atoms with van der Waals surface area (Å²) in [6, 6.07) is 4.14. The predicted molar refractivity (Wildman–Crippen MR) is 199 cm³/mol. The Hall–Kier alpha value is -3.55. The van der Waals surface area contributed by atoms with Crippen LogP contribution in [-0.2, 0) is 43.1 Å². The standard InChI is InChI=1S/C38H52IN3O8/c1-7-9-10-13-24-16-22-17-25(32(24)43)26-18-23(19-27(33(26)44)28(39)12-8-2)20-29(41-37(48)50-38(3,4)5)35(46)42-15-11-14-31(42)34(45)40-30(21-22)36(47)49-6/h16-19,28-31,43-44H,7-15,20-21H2,1-6H3,(H,40,45)(H,41,48)/t28?,29-,30-,31?/m0/s1. The van der Waals surface area contributed by atoms with Crippen molar-refractivity contribution in [3.05, 3.63) is 46.5 Å². The number of alkyl halides is 1. The topological polar surface area (TPSA) is 154 Å². The number of rotatable bonds is 9. The van der Waals surface area contributed by atoms with Crippen molar-refractivity contribution in [1.82, 2.24) is 15.5 Å². The number of hydrogen-bond acceptors (Lipinski definition) is 8. The summed E-state index contributed by atoms with van der Waals surface area (Å²) >= 11 is 2.30. The van der Waals surface area contributed by atoms with E-state index < -0.39 is 47.6 Å². The summed E-state index contributed by atoms with van der Waals surface area (Å²) in [5, 5.41) is 29.2. The summed E-state index contributed by atoms with van der Waals surface area (Å²) in [5.74, 6) is -1.57. The van der Waals surface area contributed by atoms with Gasteiger partial charge in [0.25, 0.3) is 0 Å². The Labute approximate surface area is 309 Å². The van der Waals surface area contributed by atoms with Gasteiger partial charge in [-0.25, -0.2) is 9.59 Å². The van der Waals surface area contributed by atoms with Crippen molar-refractivity contribution in [1.29, 1.82) is 0 Å². The summed E-state index contributed by atoms with van der Waals surface area (Å²) in [6.07, 6.45) is 5.24. The molecule has 11 nitrogen and oxygen atoms in total. The van der Waals surface area contributed by atoms with Gasteiger partial charge < -0.3 is 35.2 Å². The van der Waals surface area contributed by atoms with Crippen LogP contribution >= 0.6 is 22.6 Å². The lowest BCUT2D eigenvalue weighted by Gasteiger charge is -2.30. The number of nitrogens with zero attached hydrogens (tertiary/aromatic N) is 1. The van der Waals surface area contributed by atoms with Gasteiger partial charge >= 0.3 is 12.1 Å². The van der Waals surface area contributed by atoms with Gasteiger partial charge in [0.15, 0.2) is 0 Å². The number of fused-ring (bicyclic) bond motifs is 6. The normalized spacial score (nSPS) is 20.2. The van der Waals surface area contributed by atoms with E-state index in [2.05, 4.69) is 47.1 Å². The molecule has 4 bridgehead atoms. The maximum Gasteiger partial charge on any atom is 0.408 e. The molecule has 3 amide bonds. The molecule has 2 aliphatic heterocycles. The first kappa shape index (κ1) is 39.2. The van der Waals surface area contributed by atoms with Crippen molar-refractivity contribution in [2.45, 2.75) is 126 Å². The van der Waals surface area contributed by atoms with Gasteiger partial charge in [-0.3, -0.25) is 9.59 Å². The molecule has 274 valence electrons. The van der Waals surface area contributed by atoms with Gasteiger partial charge in [-0.05, 0) is 81.7 Å². The second kappa shape index (κ2) is 17.1. The van der Waals surface area contributed by atoms with Crippen LogP contribution in [0.25, 0.3) is 11.1 Å². The first-order chi connectivity index (χ1) is 23.7. The number of phenols is 2. The highest BCUT2D eigenvalue weighted by molar-refractivity contribution is 14.1. The van der Waals surface area contributed by atoms with Crippen molar-refractivity contribution >= 4 is 46.5 Å². The number of methoxy groups -OCH3 is 1. The minimum atomic E-state index is -1.12. The number of aromatic hydroxyl groups is 2. The summed E-state index contributed by atoms with van der Waals surface area (Å²) in [7, 11) is 1.25. The van der Waals surface area contributed by atoms with Crippen LogP contribution in [0.1, 0.15) is 106 Å². The smallest absolute Gasteiger partial charge is 0.408 e. The number of halogens is 1. The third-order valence-corrected chi connectivity index (χ3v) is 10.5. The molecule has 2 aliphatic rings. The molecule has 4 atom stereocenters. The van der Waals surface area contributed by atoms with Crippen LogP contribution in [0.2, 0.25) is 0 Å². The maximum absolute atomic E-state index is 14.3. The summed E-state index contributed by atoms with van der Waals surface area (Å²) in [5.41, 5.74) is 2.57. The van der Waals surface area contributed by atoms with Gasteiger partial charge in [0.2, 0.25) is 11.8 Å². The highest BCUT2D eigenvalue weighted by Crippen LogP contribution is 2.45. The highest BCUT2D eigenvalue weighted by Gasteiger charge is 2.40. The van der Waals surface area contributed by atoms with Crippen molar-refractivity contribution in [3.63, 3.8) is 0 Å². The number of unbranched alkanes of at least 4 members (excludes halogenated alkanes) is 2. The first-order valence-electron chi connectivity index (χ1n) is 17.7. The number of amides is 3. The molecule has 4 rings (SSSR count). The van der Waals surface area contributed by atoms with Crippen LogP contribution < -0.4 is 10.6 Å². The molecule has 0 saturated carbocycles. The number of ether oxygens (including phenoxy) is 2. The third kappa shape index (κ3) is 9.61. The van der Waals surface area contributed by atoms with E-state index >= 15 is 0 Å². The number of alkyl carbamates (subject to hydrolysis) is 1. The molecule has 2 unspecified atom stereocenters. The molecule has 4 N–H and O–H groups in total. The van der Waals surface area contributed by atoms with E-state index in [1.165, 1.54) is 12.0 Å². The van der Waals surface area contributed by atoms with Gasteiger partial charge in [-0.15, -0.1) is 0 Å². The van der Waals surface area contributed by atoms with Crippen molar-refractivity contribution in [3.8, 4) is 22.6 Å². The van der Waals surface area contributed by atoms with E-state index in [9.17, 15) is 29.4 Å². The minimum absolute atomic E-state index is 0.0123. The molecule has 0 radical (unpaired) electrons. The van der Waals surface area contributed by atoms with Gasteiger partial charge in [0.05, 0.1) is 7.11 Å². The maximum atomic E-state index is 14.3. The number of nitrogens with one attached hydrogen (secondary N) is 2. The summed E-state index contributed by atoms with van der Waals surface area (Å²) < 4.78 is 10.6. The Morgan fingerprint density at radius 3 is 2.34 bits per heavy atom. The SMILES string of the molecule is CCCCCc1cc2cc(c1O)-c1cc(cc(C(I)CCC)c1O)C[C@H](NC(=O)OC(C)(C)C)C(=O)N1CCCC1C(=O)N[C@H](C(=O)OC)C2. The molecule has 2 aromatic carbocycles. The van der Waals surface area contributed by atoms with E-state index in [4.69, 9.17) is 9.47 Å². The zero-order valence-electron chi connectivity index (χ0n) is 30.1. The number of aryl methyl sites for hydroxylation is 1. The van der Waals surface area contributed by atoms with Crippen LogP contribution in [0.3, 0.4) is 0 Å². The lowest BCUT2D eigenvalue weighted by Crippen LogP contribution is -2.56. The molecule has 0 aliphatic carbocycles. The van der Waals surface area contributed by atoms with E-state index in [-0.39, 0.29) is 28.3 Å². The fourth-order valence-electron chi connectivity index (χ4n) is 6.76. The minimum Gasteiger partial charge on any atom is -0.507 e. The van der Waals surface area contributed by atoms with Crippen LogP contribution in [0.15, 0.2) is 24.3 Å². The Morgan fingerprint density at radius 2 is 1.70 bits per heavy atom.